The van der Waals surface area contributed by atoms with Crippen LogP contribution in [0.4, 0.5) is 20.3 Å². The molecule has 3 unspecified atom stereocenters. The van der Waals surface area contributed by atoms with Gasteiger partial charge < -0.3 is 10.2 Å². The maximum Gasteiger partial charge on any atom is 0.139 e. The standard InChI is InChI=1S/C23H25BF2N6/c1-12-20-15(9-18(27-12)32-8-4-5-14(10-24)11-32)22-21(13(2)30-31-22)29-23(28-20)19-16(25)6-3-7-17(19)26/h3,6-7,9,14,21-22,31H,4-5,8,10-11H2,1-2H3,(H,28,29). The fourth-order valence-electron chi connectivity index (χ4n) is 4.81. The highest BCUT2D eigenvalue weighted by atomic mass is 19.1. The third-order valence-electron chi connectivity index (χ3n) is 6.56. The minimum absolute atomic E-state index is 0.145. The lowest BCUT2D eigenvalue weighted by Gasteiger charge is -2.34. The molecule has 3 atom stereocenters. The monoisotopic (exact) mass is 434 g/mol. The van der Waals surface area contributed by atoms with Crippen LogP contribution in [0.15, 0.2) is 34.4 Å². The number of amidine groups is 1. The van der Waals surface area contributed by atoms with Crippen molar-refractivity contribution in [3.8, 4) is 0 Å². The summed E-state index contributed by atoms with van der Waals surface area (Å²) in [5.74, 6) is 0.142. The van der Waals surface area contributed by atoms with Crippen molar-refractivity contribution in [2.24, 2.45) is 16.0 Å². The zero-order chi connectivity index (χ0) is 22.4. The first kappa shape index (κ1) is 20.9. The third-order valence-corrected chi connectivity index (χ3v) is 6.56. The minimum Gasteiger partial charge on any atom is -0.356 e. The Morgan fingerprint density at radius 1 is 1.22 bits per heavy atom. The summed E-state index contributed by atoms with van der Waals surface area (Å²) >= 11 is 0. The molecule has 2 aromatic rings. The van der Waals surface area contributed by atoms with E-state index in [0.717, 1.165) is 48.7 Å². The van der Waals surface area contributed by atoms with Gasteiger partial charge in [-0.3, -0.25) is 10.4 Å². The molecule has 1 fully saturated rings. The van der Waals surface area contributed by atoms with Crippen LogP contribution in [-0.4, -0.2) is 43.5 Å². The predicted octanol–water partition coefficient (Wildman–Crippen LogP) is 3.73. The first-order valence-corrected chi connectivity index (χ1v) is 11.0. The molecule has 3 aliphatic rings. The van der Waals surface area contributed by atoms with E-state index in [4.69, 9.17) is 17.8 Å². The summed E-state index contributed by atoms with van der Waals surface area (Å²) in [7, 11) is 5.93. The molecule has 0 saturated carbocycles. The number of halogens is 2. The molecule has 1 saturated heterocycles. The predicted molar refractivity (Wildman–Crippen MR) is 124 cm³/mol. The van der Waals surface area contributed by atoms with Crippen LogP contribution in [-0.2, 0) is 0 Å². The molecule has 0 amide bonds. The minimum atomic E-state index is -0.667. The molecular formula is C23H25BF2N6. The van der Waals surface area contributed by atoms with Gasteiger partial charge in [-0.2, -0.15) is 5.10 Å². The lowest BCUT2D eigenvalue weighted by atomic mass is 9.85. The van der Waals surface area contributed by atoms with Crippen molar-refractivity contribution in [2.75, 3.05) is 23.3 Å². The number of aliphatic imine (C=N–C) groups is 1. The Bertz CT molecular complexity index is 1100. The van der Waals surface area contributed by atoms with E-state index in [1.54, 1.807) is 0 Å². The zero-order valence-corrected chi connectivity index (χ0v) is 18.2. The first-order chi connectivity index (χ1) is 15.5. The lowest BCUT2D eigenvalue weighted by molar-refractivity contribution is 0.444. The van der Waals surface area contributed by atoms with Crippen LogP contribution in [0.2, 0.25) is 6.32 Å². The lowest BCUT2D eigenvalue weighted by Crippen LogP contribution is -2.36. The van der Waals surface area contributed by atoms with Gasteiger partial charge in [-0.25, -0.2) is 13.8 Å². The summed E-state index contributed by atoms with van der Waals surface area (Å²) in [4.78, 5) is 11.8. The molecular weight excluding hydrogens is 409 g/mol. The van der Waals surface area contributed by atoms with E-state index >= 15 is 0 Å². The SMILES string of the molecule is [B]CC1CCCN(c2cc3c(c(C)n2)NC(c2c(F)cccc2F)=NC2C(C)=NNC32)C1. The second-order valence-electron chi connectivity index (χ2n) is 8.72. The van der Waals surface area contributed by atoms with Crippen molar-refractivity contribution in [2.45, 2.75) is 45.1 Å². The van der Waals surface area contributed by atoms with E-state index < -0.39 is 11.6 Å². The molecule has 2 radical (unpaired) electrons. The molecule has 32 heavy (non-hydrogen) atoms. The molecule has 1 aromatic carbocycles. The zero-order valence-electron chi connectivity index (χ0n) is 18.2. The van der Waals surface area contributed by atoms with Crippen LogP contribution >= 0.6 is 0 Å². The molecule has 0 spiro atoms. The summed E-state index contributed by atoms with van der Waals surface area (Å²) in [5, 5.41) is 7.58. The van der Waals surface area contributed by atoms with Crippen LogP contribution in [0.3, 0.4) is 0 Å². The maximum absolute atomic E-state index is 14.6. The highest BCUT2D eigenvalue weighted by molar-refractivity contribution is 6.11. The number of aromatic nitrogens is 1. The fourth-order valence-corrected chi connectivity index (χ4v) is 4.81. The average molecular weight is 434 g/mol. The molecule has 1 aromatic heterocycles. The van der Waals surface area contributed by atoms with E-state index in [2.05, 4.69) is 20.7 Å². The Kier molecular flexibility index (Phi) is 5.35. The number of nitrogens with zero attached hydrogens (tertiary/aromatic N) is 4. The van der Waals surface area contributed by atoms with Gasteiger partial charge in [0, 0.05) is 18.7 Å². The Labute approximate surface area is 187 Å². The summed E-state index contributed by atoms with van der Waals surface area (Å²) in [6, 6.07) is 5.23. The number of aryl methyl sites for hydroxylation is 1. The van der Waals surface area contributed by atoms with Gasteiger partial charge in [0.25, 0.3) is 0 Å². The molecule has 5 rings (SSSR count). The van der Waals surface area contributed by atoms with Gasteiger partial charge in [0.1, 0.15) is 29.3 Å². The van der Waals surface area contributed by atoms with Crippen LogP contribution in [0, 0.1) is 24.5 Å². The maximum atomic E-state index is 14.6. The average Bonchev–Trinajstić information content (AvgIpc) is 3.05. The molecule has 3 aliphatic heterocycles. The van der Waals surface area contributed by atoms with Crippen LogP contribution < -0.4 is 15.6 Å². The number of hydrogen-bond donors (Lipinski definition) is 2. The number of hydrazone groups is 1. The van der Waals surface area contributed by atoms with Crippen LogP contribution in [0.25, 0.3) is 0 Å². The second-order valence-corrected chi connectivity index (χ2v) is 8.72. The molecule has 9 heteroatoms. The number of pyridine rings is 1. The second kappa shape index (κ2) is 8.18. The van der Waals surface area contributed by atoms with Crippen molar-refractivity contribution >= 4 is 30.9 Å². The molecule has 6 nitrogen and oxygen atoms in total. The van der Waals surface area contributed by atoms with Gasteiger partial charge in [0.05, 0.1) is 36.5 Å². The largest absolute Gasteiger partial charge is 0.356 e. The fraction of sp³-hybridized carbons (Fsp3) is 0.435. The summed E-state index contributed by atoms with van der Waals surface area (Å²) in [5.41, 5.74) is 6.13. The van der Waals surface area contributed by atoms with Crippen molar-refractivity contribution in [1.29, 1.82) is 0 Å². The Morgan fingerprint density at radius 2 is 2.00 bits per heavy atom. The van der Waals surface area contributed by atoms with Crippen LogP contribution in [0.5, 0.6) is 0 Å². The molecule has 4 heterocycles. The third kappa shape index (κ3) is 3.53. The van der Waals surface area contributed by atoms with E-state index in [9.17, 15) is 8.78 Å². The molecule has 2 N–H and O–H groups in total. The van der Waals surface area contributed by atoms with Gasteiger partial charge >= 0.3 is 0 Å². The summed E-state index contributed by atoms with van der Waals surface area (Å²) in [6.07, 6.45) is 2.86. The van der Waals surface area contributed by atoms with Gasteiger partial charge in [-0.05, 0) is 50.8 Å². The van der Waals surface area contributed by atoms with E-state index in [1.165, 1.54) is 18.2 Å². The quantitative estimate of drug-likeness (QED) is 0.723. The van der Waals surface area contributed by atoms with Crippen LogP contribution in [0.1, 0.15) is 42.6 Å². The number of nitrogens with one attached hydrogen (secondary N) is 2. The number of hydrogen-bond acceptors (Lipinski definition) is 6. The highest BCUT2D eigenvalue weighted by Gasteiger charge is 2.37. The van der Waals surface area contributed by atoms with Crippen molar-refractivity contribution < 1.29 is 8.78 Å². The summed E-state index contributed by atoms with van der Waals surface area (Å²) < 4.78 is 29.2. The van der Waals surface area contributed by atoms with Crippen molar-refractivity contribution in [1.82, 2.24) is 10.4 Å². The van der Waals surface area contributed by atoms with Crippen molar-refractivity contribution in [3.63, 3.8) is 0 Å². The Hall–Kier alpha value is -2.97. The molecule has 0 aliphatic carbocycles. The number of fused-ring (bicyclic) bond motifs is 3. The normalized spacial score (nSPS) is 24.5. The summed E-state index contributed by atoms with van der Waals surface area (Å²) in [6.45, 7) is 5.56. The van der Waals surface area contributed by atoms with E-state index in [1.807, 2.05) is 19.9 Å². The number of benzene rings is 1. The smallest absolute Gasteiger partial charge is 0.139 e. The van der Waals surface area contributed by atoms with Gasteiger partial charge in [0.2, 0.25) is 0 Å². The Morgan fingerprint density at radius 3 is 2.75 bits per heavy atom. The van der Waals surface area contributed by atoms with Gasteiger partial charge in [0.15, 0.2) is 0 Å². The molecule has 0 bridgehead atoms. The van der Waals surface area contributed by atoms with Crippen molar-refractivity contribution in [3.05, 3.63) is 52.7 Å². The number of rotatable bonds is 3. The van der Waals surface area contributed by atoms with Gasteiger partial charge in [-0.1, -0.05) is 12.4 Å². The topological polar surface area (TPSA) is 64.9 Å². The van der Waals surface area contributed by atoms with E-state index in [-0.39, 0.29) is 23.5 Å². The Balaban J connectivity index is 1.60. The number of piperidine rings is 1. The van der Waals surface area contributed by atoms with E-state index in [0.29, 0.717) is 17.9 Å². The highest BCUT2D eigenvalue weighted by Crippen LogP contribution is 2.38. The molecule has 164 valence electrons. The van der Waals surface area contributed by atoms with Gasteiger partial charge in [-0.15, -0.1) is 0 Å². The first-order valence-electron chi connectivity index (χ1n) is 11.0. The number of anilines is 2.